The van der Waals surface area contributed by atoms with E-state index in [0.717, 1.165) is 28.3 Å². The minimum Gasteiger partial charge on any atom is -0.480 e. The number of pyridine rings is 2. The fraction of sp³-hybridized carbons (Fsp3) is 0.250. The number of ether oxygens (including phenoxy) is 1. The lowest BCUT2D eigenvalue weighted by molar-refractivity contribution is 0.0993. The van der Waals surface area contributed by atoms with E-state index < -0.39 is 11.6 Å². The molecule has 0 bridgehead atoms. The number of aromatic nitrogens is 3. The number of anilines is 2. The van der Waals surface area contributed by atoms with Crippen molar-refractivity contribution in [1.82, 2.24) is 14.5 Å². The van der Waals surface area contributed by atoms with E-state index in [2.05, 4.69) is 28.4 Å². The van der Waals surface area contributed by atoms with Crippen molar-refractivity contribution in [2.24, 2.45) is 0 Å². The molecule has 1 aromatic carbocycles. The lowest BCUT2D eigenvalue weighted by atomic mass is 10.0. The number of benzene rings is 1. The zero-order valence-corrected chi connectivity index (χ0v) is 23.1. The molecule has 1 aliphatic heterocycles. The maximum atomic E-state index is 14.1. The summed E-state index contributed by atoms with van der Waals surface area (Å²) in [6.45, 7) is 4.14. The average Bonchev–Trinajstić information content (AvgIpc) is 3.41. The van der Waals surface area contributed by atoms with E-state index in [4.69, 9.17) is 27.9 Å². The molecule has 1 unspecified atom stereocenters. The van der Waals surface area contributed by atoms with Gasteiger partial charge < -0.3 is 19.2 Å². The van der Waals surface area contributed by atoms with Crippen LogP contribution in [0, 0.1) is 0 Å². The van der Waals surface area contributed by atoms with Crippen LogP contribution in [0.2, 0.25) is 10.0 Å². The summed E-state index contributed by atoms with van der Waals surface area (Å²) in [5.41, 5.74) is 3.91. The van der Waals surface area contributed by atoms with Gasteiger partial charge in [0.25, 0.3) is 11.5 Å². The van der Waals surface area contributed by atoms with Crippen LogP contribution in [-0.4, -0.2) is 41.6 Å². The Bertz CT molecular complexity index is 1590. The molecule has 5 rings (SSSR count). The number of nitrogens with one attached hydrogen (secondary N) is 1. The van der Waals surface area contributed by atoms with Crippen molar-refractivity contribution in [2.45, 2.75) is 25.9 Å². The Labute approximate surface area is 230 Å². The van der Waals surface area contributed by atoms with E-state index in [1.807, 2.05) is 49.3 Å². The zero-order valence-electron chi connectivity index (χ0n) is 21.6. The summed E-state index contributed by atoms with van der Waals surface area (Å²) in [5.74, 6) is 1.02. The van der Waals surface area contributed by atoms with Gasteiger partial charge in [0.05, 0.1) is 35.3 Å². The summed E-state index contributed by atoms with van der Waals surface area (Å²) in [4.78, 5) is 36.9. The van der Waals surface area contributed by atoms with Crippen molar-refractivity contribution in [3.63, 3.8) is 0 Å². The number of hydrogen-bond donors (Lipinski definition) is 1. The molecule has 0 aliphatic carbocycles. The van der Waals surface area contributed by atoms with Gasteiger partial charge in [-0.05, 0) is 55.8 Å². The summed E-state index contributed by atoms with van der Waals surface area (Å²) in [6.07, 6.45) is 1.51. The van der Waals surface area contributed by atoms with Crippen LogP contribution in [0.1, 0.15) is 47.5 Å². The second-order valence-corrected chi connectivity index (χ2v) is 10.4. The minimum atomic E-state index is -0.493. The van der Waals surface area contributed by atoms with Gasteiger partial charge in [-0.25, -0.2) is 0 Å². The van der Waals surface area contributed by atoms with Gasteiger partial charge in [-0.15, -0.1) is 0 Å². The van der Waals surface area contributed by atoms with Crippen LogP contribution in [0.3, 0.4) is 0 Å². The van der Waals surface area contributed by atoms with Gasteiger partial charge in [0.2, 0.25) is 5.88 Å². The molecule has 38 heavy (non-hydrogen) atoms. The number of hydrogen-bond acceptors (Lipinski definition) is 5. The first-order valence-electron chi connectivity index (χ1n) is 12.1. The molecule has 1 aliphatic rings. The molecule has 10 heteroatoms. The van der Waals surface area contributed by atoms with Gasteiger partial charge in [0, 0.05) is 31.4 Å². The second kappa shape index (κ2) is 9.85. The third kappa shape index (κ3) is 4.23. The Hall–Kier alpha value is -3.75. The summed E-state index contributed by atoms with van der Waals surface area (Å²) < 4.78 is 7.83. The second-order valence-electron chi connectivity index (χ2n) is 9.58. The first-order chi connectivity index (χ1) is 18.1. The third-order valence-electron chi connectivity index (χ3n) is 6.64. The Morgan fingerprint density at radius 3 is 2.34 bits per heavy atom. The minimum absolute atomic E-state index is 0.00551. The SMILES string of the molecule is COc1nc(N(C)C)ccc1-c1cc2c(n1C(C)C)C(c1ccc(Cl)cc1)N(c1c[nH]c(=O)c(Cl)c1)C2=O. The molecule has 196 valence electrons. The normalized spacial score (nSPS) is 14.8. The van der Waals surface area contributed by atoms with Gasteiger partial charge in [-0.2, -0.15) is 4.98 Å². The average molecular weight is 552 g/mol. The van der Waals surface area contributed by atoms with Crippen LogP contribution in [0.5, 0.6) is 5.88 Å². The number of aromatic amines is 1. The van der Waals surface area contributed by atoms with Crippen molar-refractivity contribution in [3.05, 3.63) is 91.9 Å². The quantitative estimate of drug-likeness (QED) is 0.320. The zero-order chi connectivity index (χ0) is 27.3. The number of H-pyrrole nitrogens is 1. The predicted molar refractivity (Wildman–Crippen MR) is 151 cm³/mol. The Morgan fingerprint density at radius 2 is 1.74 bits per heavy atom. The molecule has 0 saturated heterocycles. The molecule has 8 nitrogen and oxygen atoms in total. The van der Waals surface area contributed by atoms with Crippen molar-refractivity contribution in [2.75, 3.05) is 31.0 Å². The van der Waals surface area contributed by atoms with Gasteiger partial charge in [-0.1, -0.05) is 35.3 Å². The molecular weight excluding hydrogens is 525 g/mol. The van der Waals surface area contributed by atoms with E-state index in [-0.39, 0.29) is 17.0 Å². The first-order valence-corrected chi connectivity index (χ1v) is 12.8. The number of fused-ring (bicyclic) bond motifs is 1. The number of carbonyl (C=O) groups is 1. The van der Waals surface area contributed by atoms with Gasteiger partial charge in [0.15, 0.2) is 0 Å². The van der Waals surface area contributed by atoms with Gasteiger partial charge in [-0.3, -0.25) is 14.5 Å². The molecule has 0 spiro atoms. The van der Waals surface area contributed by atoms with Crippen LogP contribution in [0.25, 0.3) is 11.3 Å². The Kier molecular flexibility index (Phi) is 6.71. The Balaban J connectivity index is 1.77. The summed E-state index contributed by atoms with van der Waals surface area (Å²) in [7, 11) is 5.42. The van der Waals surface area contributed by atoms with Crippen LogP contribution in [0.4, 0.5) is 11.5 Å². The van der Waals surface area contributed by atoms with Crippen molar-refractivity contribution in [3.8, 4) is 17.1 Å². The summed E-state index contributed by atoms with van der Waals surface area (Å²) in [6, 6.07) is 14.2. The highest BCUT2D eigenvalue weighted by atomic mass is 35.5. The lowest BCUT2D eigenvalue weighted by Gasteiger charge is -2.29. The number of rotatable bonds is 6. The third-order valence-corrected chi connectivity index (χ3v) is 7.17. The number of halogens is 2. The molecule has 4 heterocycles. The Morgan fingerprint density at radius 1 is 1.03 bits per heavy atom. The monoisotopic (exact) mass is 551 g/mol. The van der Waals surface area contributed by atoms with Crippen molar-refractivity contribution < 1.29 is 9.53 Å². The maximum absolute atomic E-state index is 14.1. The van der Waals surface area contributed by atoms with E-state index in [1.165, 1.54) is 12.3 Å². The molecule has 1 N–H and O–H groups in total. The van der Waals surface area contributed by atoms with E-state index >= 15 is 0 Å². The molecule has 0 saturated carbocycles. The molecule has 0 radical (unpaired) electrons. The van der Waals surface area contributed by atoms with Crippen LogP contribution in [-0.2, 0) is 0 Å². The van der Waals surface area contributed by atoms with E-state index in [9.17, 15) is 9.59 Å². The molecule has 1 amide bonds. The maximum Gasteiger partial charge on any atom is 0.266 e. The van der Waals surface area contributed by atoms with E-state index in [1.54, 1.807) is 24.1 Å². The summed E-state index contributed by atoms with van der Waals surface area (Å²) >= 11 is 12.4. The number of carbonyl (C=O) groups excluding carboxylic acids is 1. The smallest absolute Gasteiger partial charge is 0.266 e. The molecule has 4 aromatic rings. The summed E-state index contributed by atoms with van der Waals surface area (Å²) in [5, 5.41) is 0.597. The van der Waals surface area contributed by atoms with Crippen LogP contribution >= 0.6 is 23.2 Å². The fourth-order valence-electron chi connectivity index (χ4n) is 4.96. The van der Waals surface area contributed by atoms with Crippen molar-refractivity contribution in [1.29, 1.82) is 0 Å². The van der Waals surface area contributed by atoms with Crippen LogP contribution in [0.15, 0.2) is 59.5 Å². The number of amides is 1. The molecule has 3 aromatic heterocycles. The topological polar surface area (TPSA) is 83.5 Å². The standard InChI is InChI=1S/C28H27Cl2N5O3/c1-15(2)34-22(19-10-11-23(33(3)4)32-27(19)38-5)13-20-25(34)24(16-6-8-17(29)9-7-16)35(28(20)37)18-12-21(30)26(36)31-14-18/h6-15,24H,1-5H3,(H,31,36). The highest BCUT2D eigenvalue weighted by Crippen LogP contribution is 2.47. The first kappa shape index (κ1) is 25.9. The molecule has 0 fully saturated rings. The predicted octanol–water partition coefficient (Wildman–Crippen LogP) is 5.95. The molecular formula is C28H27Cl2N5O3. The van der Waals surface area contributed by atoms with Crippen LogP contribution < -0.4 is 20.1 Å². The largest absolute Gasteiger partial charge is 0.480 e. The number of nitrogens with zero attached hydrogens (tertiary/aromatic N) is 4. The lowest BCUT2D eigenvalue weighted by Crippen LogP contribution is -2.30. The fourth-order valence-corrected chi connectivity index (χ4v) is 5.25. The highest BCUT2D eigenvalue weighted by Gasteiger charge is 2.43. The van der Waals surface area contributed by atoms with Gasteiger partial charge >= 0.3 is 0 Å². The highest BCUT2D eigenvalue weighted by molar-refractivity contribution is 6.31. The molecule has 1 atom stereocenters. The van der Waals surface area contributed by atoms with Crippen molar-refractivity contribution >= 4 is 40.6 Å². The van der Waals surface area contributed by atoms with E-state index in [0.29, 0.717) is 22.2 Å². The van der Waals surface area contributed by atoms with Gasteiger partial charge in [0.1, 0.15) is 16.9 Å². The number of methoxy groups -OCH3 is 1.